The highest BCUT2D eigenvalue weighted by atomic mass is 16.2. The highest BCUT2D eigenvalue weighted by Crippen LogP contribution is 2.15. The van der Waals surface area contributed by atoms with Crippen LogP contribution in [0.15, 0.2) is 0 Å². The molecule has 0 saturated carbocycles. The molecule has 0 aliphatic carbocycles. The predicted octanol–water partition coefficient (Wildman–Crippen LogP) is 0.395. The van der Waals surface area contributed by atoms with Crippen molar-refractivity contribution >= 4 is 5.91 Å². The summed E-state index contributed by atoms with van der Waals surface area (Å²) in [6.45, 7) is 4.91. The van der Waals surface area contributed by atoms with Crippen molar-refractivity contribution in [2.24, 2.45) is 5.92 Å². The van der Waals surface area contributed by atoms with Crippen molar-refractivity contribution in [3.8, 4) is 0 Å². The van der Waals surface area contributed by atoms with E-state index in [4.69, 9.17) is 0 Å². The van der Waals surface area contributed by atoms with Gasteiger partial charge in [-0.2, -0.15) is 0 Å². The Morgan fingerprint density at radius 3 is 2.88 bits per heavy atom. The van der Waals surface area contributed by atoms with Gasteiger partial charge >= 0.3 is 0 Å². The van der Waals surface area contributed by atoms with Crippen molar-refractivity contribution < 1.29 is 4.79 Å². The molecule has 0 aromatic carbocycles. The maximum absolute atomic E-state index is 12.1. The van der Waals surface area contributed by atoms with Crippen molar-refractivity contribution in [3.63, 3.8) is 0 Å². The first-order chi connectivity index (χ1) is 7.56. The third-order valence-corrected chi connectivity index (χ3v) is 3.43. The van der Waals surface area contributed by atoms with Gasteiger partial charge in [0.05, 0.1) is 0 Å². The Hall–Kier alpha value is -0.610. The van der Waals surface area contributed by atoms with Gasteiger partial charge < -0.3 is 15.1 Å². The van der Waals surface area contributed by atoms with Crippen LogP contribution in [0.2, 0.25) is 0 Å². The van der Waals surface area contributed by atoms with Crippen LogP contribution in [0.5, 0.6) is 0 Å². The first kappa shape index (κ1) is 13.5. The Balaban J connectivity index is 2.48. The second-order valence-corrected chi connectivity index (χ2v) is 4.97. The molecule has 1 rings (SSSR count). The SMILES string of the molecule is CNCC(C)C(=O)N(C)C1CCCN(C)C1. The van der Waals surface area contributed by atoms with E-state index in [1.807, 2.05) is 25.9 Å². The standard InChI is InChI=1S/C12H25N3O/c1-10(8-13-2)12(16)15(4)11-6-5-7-14(3)9-11/h10-11,13H,5-9H2,1-4H3. The van der Waals surface area contributed by atoms with Gasteiger partial charge in [0, 0.05) is 32.1 Å². The molecule has 1 aliphatic heterocycles. The van der Waals surface area contributed by atoms with E-state index in [-0.39, 0.29) is 11.8 Å². The highest BCUT2D eigenvalue weighted by molar-refractivity contribution is 5.78. The van der Waals surface area contributed by atoms with Crippen LogP contribution in [0, 0.1) is 5.92 Å². The van der Waals surface area contributed by atoms with E-state index in [9.17, 15) is 4.79 Å². The van der Waals surface area contributed by atoms with Crippen molar-refractivity contribution in [3.05, 3.63) is 0 Å². The number of likely N-dealkylation sites (N-methyl/N-ethyl adjacent to an activating group) is 2. The summed E-state index contributed by atoms with van der Waals surface area (Å²) < 4.78 is 0. The average Bonchev–Trinajstić information content (AvgIpc) is 2.27. The fraction of sp³-hybridized carbons (Fsp3) is 0.917. The van der Waals surface area contributed by atoms with E-state index in [0.717, 1.165) is 26.1 Å². The molecule has 94 valence electrons. The van der Waals surface area contributed by atoms with Crippen molar-refractivity contribution in [1.82, 2.24) is 15.1 Å². The van der Waals surface area contributed by atoms with E-state index in [1.165, 1.54) is 6.42 Å². The van der Waals surface area contributed by atoms with Crippen LogP contribution in [0.4, 0.5) is 0 Å². The zero-order valence-electron chi connectivity index (χ0n) is 11.0. The molecule has 2 unspecified atom stereocenters. The van der Waals surface area contributed by atoms with Gasteiger partial charge in [0.2, 0.25) is 5.91 Å². The van der Waals surface area contributed by atoms with Gasteiger partial charge in [0.1, 0.15) is 0 Å². The first-order valence-electron chi connectivity index (χ1n) is 6.16. The largest absolute Gasteiger partial charge is 0.341 e. The molecular weight excluding hydrogens is 202 g/mol. The second-order valence-electron chi connectivity index (χ2n) is 4.97. The number of nitrogens with zero attached hydrogens (tertiary/aromatic N) is 2. The molecule has 4 heteroatoms. The van der Waals surface area contributed by atoms with Gasteiger partial charge in [-0.25, -0.2) is 0 Å². The molecule has 0 bridgehead atoms. The fourth-order valence-electron chi connectivity index (χ4n) is 2.38. The van der Waals surface area contributed by atoms with Crippen LogP contribution >= 0.6 is 0 Å². The van der Waals surface area contributed by atoms with Crippen LogP contribution in [0.1, 0.15) is 19.8 Å². The van der Waals surface area contributed by atoms with E-state index in [1.54, 1.807) is 0 Å². The summed E-state index contributed by atoms with van der Waals surface area (Å²) in [5.41, 5.74) is 0. The quantitative estimate of drug-likeness (QED) is 0.755. The molecule has 1 heterocycles. The molecule has 1 fully saturated rings. The Morgan fingerprint density at radius 2 is 2.31 bits per heavy atom. The number of piperidine rings is 1. The number of nitrogens with one attached hydrogen (secondary N) is 1. The molecule has 4 nitrogen and oxygen atoms in total. The Kier molecular flexibility index (Phi) is 5.22. The third kappa shape index (κ3) is 3.46. The molecule has 0 aromatic rings. The van der Waals surface area contributed by atoms with E-state index < -0.39 is 0 Å². The zero-order chi connectivity index (χ0) is 12.1. The highest BCUT2D eigenvalue weighted by Gasteiger charge is 2.26. The molecule has 1 saturated heterocycles. The number of amides is 1. The van der Waals surface area contributed by atoms with E-state index >= 15 is 0 Å². The second kappa shape index (κ2) is 6.21. The smallest absolute Gasteiger partial charge is 0.226 e. The van der Waals surface area contributed by atoms with Gasteiger partial charge in [-0.1, -0.05) is 6.92 Å². The normalized spacial score (nSPS) is 24.1. The van der Waals surface area contributed by atoms with Gasteiger partial charge in [-0.05, 0) is 33.5 Å². The molecule has 0 aromatic heterocycles. The van der Waals surface area contributed by atoms with E-state index in [0.29, 0.717) is 6.04 Å². The third-order valence-electron chi connectivity index (χ3n) is 3.43. The maximum atomic E-state index is 12.1. The minimum absolute atomic E-state index is 0.0715. The van der Waals surface area contributed by atoms with Crippen molar-refractivity contribution in [1.29, 1.82) is 0 Å². The minimum atomic E-state index is 0.0715. The number of hydrogen-bond acceptors (Lipinski definition) is 3. The van der Waals surface area contributed by atoms with Crippen LogP contribution in [0.25, 0.3) is 0 Å². The molecular formula is C12H25N3O. The Labute approximate surface area is 99.0 Å². The monoisotopic (exact) mass is 227 g/mol. The molecule has 1 aliphatic rings. The van der Waals surface area contributed by atoms with Crippen LogP contribution in [-0.4, -0.2) is 62.5 Å². The van der Waals surface area contributed by atoms with Gasteiger partial charge in [-0.3, -0.25) is 4.79 Å². The lowest BCUT2D eigenvalue weighted by Crippen LogP contribution is -2.49. The summed E-state index contributed by atoms with van der Waals surface area (Å²) in [6, 6.07) is 0.394. The Bertz CT molecular complexity index is 232. The van der Waals surface area contributed by atoms with Crippen molar-refractivity contribution in [2.45, 2.75) is 25.8 Å². The summed E-state index contributed by atoms with van der Waals surface area (Å²) >= 11 is 0. The Morgan fingerprint density at radius 1 is 1.62 bits per heavy atom. The summed E-state index contributed by atoms with van der Waals surface area (Å²) in [5.74, 6) is 0.330. The van der Waals surface area contributed by atoms with Crippen LogP contribution < -0.4 is 5.32 Å². The number of carbonyl (C=O) groups excluding carboxylic acids is 1. The van der Waals surface area contributed by atoms with Gasteiger partial charge in [0.25, 0.3) is 0 Å². The number of rotatable bonds is 4. The molecule has 16 heavy (non-hydrogen) atoms. The van der Waals surface area contributed by atoms with Crippen molar-refractivity contribution in [2.75, 3.05) is 40.8 Å². The molecule has 1 amide bonds. The molecule has 2 atom stereocenters. The van der Waals surface area contributed by atoms with Crippen LogP contribution in [0.3, 0.4) is 0 Å². The lowest BCUT2D eigenvalue weighted by molar-refractivity contribution is -0.136. The summed E-state index contributed by atoms with van der Waals surface area (Å²) in [5, 5.41) is 3.06. The topological polar surface area (TPSA) is 35.6 Å². The maximum Gasteiger partial charge on any atom is 0.226 e. The first-order valence-corrected chi connectivity index (χ1v) is 6.16. The summed E-state index contributed by atoms with van der Waals surface area (Å²) in [6.07, 6.45) is 2.33. The summed E-state index contributed by atoms with van der Waals surface area (Å²) in [4.78, 5) is 16.4. The lowest BCUT2D eigenvalue weighted by Gasteiger charge is -2.37. The van der Waals surface area contributed by atoms with Gasteiger partial charge in [0.15, 0.2) is 0 Å². The zero-order valence-corrected chi connectivity index (χ0v) is 11.0. The fourth-order valence-corrected chi connectivity index (χ4v) is 2.38. The molecule has 0 spiro atoms. The molecule has 1 N–H and O–H groups in total. The van der Waals surface area contributed by atoms with Crippen LogP contribution in [-0.2, 0) is 4.79 Å². The predicted molar refractivity (Wildman–Crippen MR) is 66.4 cm³/mol. The van der Waals surface area contributed by atoms with Gasteiger partial charge in [-0.15, -0.1) is 0 Å². The minimum Gasteiger partial charge on any atom is -0.341 e. The lowest BCUT2D eigenvalue weighted by atomic mass is 10.0. The summed E-state index contributed by atoms with van der Waals surface area (Å²) in [7, 11) is 5.96. The average molecular weight is 227 g/mol. The molecule has 0 radical (unpaired) electrons. The number of carbonyl (C=O) groups is 1. The number of hydrogen-bond donors (Lipinski definition) is 1. The van der Waals surface area contributed by atoms with E-state index in [2.05, 4.69) is 17.3 Å². The number of likely N-dealkylation sites (tertiary alicyclic amines) is 1.